The highest BCUT2D eigenvalue weighted by molar-refractivity contribution is 5.81. The van der Waals surface area contributed by atoms with Crippen LogP contribution in [-0.2, 0) is 16.0 Å². The zero-order valence-electron chi connectivity index (χ0n) is 12.3. The first-order valence-electron chi connectivity index (χ1n) is 6.41. The van der Waals surface area contributed by atoms with Crippen molar-refractivity contribution in [3.05, 3.63) is 29.8 Å². The van der Waals surface area contributed by atoms with Crippen LogP contribution in [0.1, 0.15) is 26.3 Å². The predicted molar refractivity (Wildman–Crippen MR) is 75.4 cm³/mol. The number of hydrogen-bond acceptors (Lipinski definition) is 4. The topological polar surface area (TPSA) is 47.6 Å². The lowest BCUT2D eigenvalue weighted by Gasteiger charge is -2.30. The van der Waals surface area contributed by atoms with E-state index in [1.54, 1.807) is 7.11 Å². The van der Waals surface area contributed by atoms with Crippen LogP contribution in [-0.4, -0.2) is 31.8 Å². The lowest BCUT2D eigenvalue weighted by molar-refractivity contribution is -0.148. The van der Waals surface area contributed by atoms with Gasteiger partial charge in [-0.2, -0.15) is 0 Å². The van der Waals surface area contributed by atoms with Gasteiger partial charge in [0.2, 0.25) is 0 Å². The molecular weight excluding hydrogens is 242 g/mol. The zero-order chi connectivity index (χ0) is 14.5. The first kappa shape index (κ1) is 15.5. The quantitative estimate of drug-likeness (QED) is 0.801. The van der Waals surface area contributed by atoms with Gasteiger partial charge in [0.15, 0.2) is 0 Å². The summed E-state index contributed by atoms with van der Waals surface area (Å²) in [6.45, 7) is 5.86. The molecule has 0 aliphatic heterocycles. The maximum atomic E-state index is 12.0. The highest BCUT2D eigenvalue weighted by Gasteiger charge is 2.35. The van der Waals surface area contributed by atoms with E-state index < -0.39 is 5.54 Å². The Balaban J connectivity index is 3.03. The first-order valence-corrected chi connectivity index (χ1v) is 6.41. The number of benzene rings is 1. The second-order valence-electron chi connectivity index (χ2n) is 5.11. The summed E-state index contributed by atoms with van der Waals surface area (Å²) in [7, 11) is 3.04. The Bertz CT molecular complexity index is 431. The molecular formula is C15H23NO3. The van der Waals surface area contributed by atoms with Crippen LogP contribution < -0.4 is 10.1 Å². The van der Waals surface area contributed by atoms with Gasteiger partial charge in [-0.1, -0.05) is 18.2 Å². The lowest BCUT2D eigenvalue weighted by atomic mass is 9.91. The van der Waals surface area contributed by atoms with E-state index in [2.05, 4.69) is 5.32 Å². The molecule has 0 heterocycles. The molecule has 4 heteroatoms. The summed E-state index contributed by atoms with van der Waals surface area (Å²) in [6, 6.07) is 7.88. The number of nitrogens with one attached hydrogen (secondary N) is 1. The number of hydrogen-bond donors (Lipinski definition) is 1. The Morgan fingerprint density at radius 1 is 1.32 bits per heavy atom. The second-order valence-corrected chi connectivity index (χ2v) is 5.11. The van der Waals surface area contributed by atoms with Crippen LogP contribution >= 0.6 is 0 Å². The van der Waals surface area contributed by atoms with Crippen molar-refractivity contribution in [2.24, 2.45) is 0 Å². The van der Waals surface area contributed by atoms with Crippen molar-refractivity contribution in [2.75, 3.05) is 14.2 Å². The van der Waals surface area contributed by atoms with Gasteiger partial charge in [-0.15, -0.1) is 0 Å². The minimum absolute atomic E-state index is 0.179. The fraction of sp³-hybridized carbons (Fsp3) is 0.533. The van der Waals surface area contributed by atoms with Crippen LogP contribution in [0.2, 0.25) is 0 Å². The molecule has 0 saturated carbocycles. The van der Waals surface area contributed by atoms with Crippen molar-refractivity contribution >= 4 is 5.97 Å². The maximum Gasteiger partial charge on any atom is 0.326 e. The van der Waals surface area contributed by atoms with Gasteiger partial charge in [-0.25, -0.2) is 0 Å². The average molecular weight is 265 g/mol. The number of carbonyl (C=O) groups is 1. The normalized spacial score (nSPS) is 14.0. The molecule has 0 radical (unpaired) electrons. The number of carbonyl (C=O) groups excluding carboxylic acids is 1. The molecule has 1 aromatic rings. The smallest absolute Gasteiger partial charge is 0.326 e. The molecule has 1 atom stereocenters. The summed E-state index contributed by atoms with van der Waals surface area (Å²) in [5.74, 6) is 0.510. The molecule has 1 unspecified atom stereocenters. The monoisotopic (exact) mass is 265 g/mol. The van der Waals surface area contributed by atoms with Gasteiger partial charge in [-0.3, -0.25) is 10.1 Å². The van der Waals surface area contributed by atoms with E-state index in [1.807, 2.05) is 45.0 Å². The minimum atomic E-state index is -0.766. The fourth-order valence-corrected chi connectivity index (χ4v) is 2.27. The van der Waals surface area contributed by atoms with Gasteiger partial charge in [0.05, 0.1) is 14.2 Å². The van der Waals surface area contributed by atoms with Gasteiger partial charge < -0.3 is 9.47 Å². The number of methoxy groups -OCH3 is 2. The van der Waals surface area contributed by atoms with E-state index in [0.717, 1.165) is 11.3 Å². The largest absolute Gasteiger partial charge is 0.496 e. The standard InChI is InChI=1S/C15H23NO3/c1-11(2)16-15(3,14(17)19-5)10-12-8-6-7-9-13(12)18-4/h6-9,11,16H,10H2,1-5H3. The Hall–Kier alpha value is -1.55. The van der Waals surface area contributed by atoms with Gasteiger partial charge in [0.1, 0.15) is 11.3 Å². The van der Waals surface area contributed by atoms with Gasteiger partial charge in [-0.05, 0) is 32.4 Å². The van der Waals surface area contributed by atoms with E-state index in [-0.39, 0.29) is 12.0 Å². The molecule has 0 aliphatic rings. The number of para-hydroxylation sites is 1. The average Bonchev–Trinajstić information content (AvgIpc) is 2.37. The summed E-state index contributed by atoms with van der Waals surface area (Å²) in [5, 5.41) is 3.28. The molecule has 1 aromatic carbocycles. The molecule has 0 aliphatic carbocycles. The Kier molecular flexibility index (Phi) is 5.36. The number of ether oxygens (including phenoxy) is 2. The van der Waals surface area contributed by atoms with E-state index >= 15 is 0 Å². The van der Waals surface area contributed by atoms with Gasteiger partial charge in [0.25, 0.3) is 0 Å². The van der Waals surface area contributed by atoms with Crippen molar-refractivity contribution in [1.82, 2.24) is 5.32 Å². The van der Waals surface area contributed by atoms with Gasteiger partial charge in [0, 0.05) is 12.5 Å². The summed E-state index contributed by atoms with van der Waals surface area (Å²) in [6.07, 6.45) is 0.516. The summed E-state index contributed by atoms with van der Waals surface area (Å²) in [5.41, 5.74) is 0.212. The van der Waals surface area contributed by atoms with Crippen LogP contribution in [0.25, 0.3) is 0 Å². The van der Waals surface area contributed by atoms with Crippen LogP contribution in [0, 0.1) is 0 Å². The van der Waals surface area contributed by atoms with Crippen molar-refractivity contribution in [3.8, 4) is 5.75 Å². The van der Waals surface area contributed by atoms with Gasteiger partial charge >= 0.3 is 5.97 Å². The molecule has 4 nitrogen and oxygen atoms in total. The highest BCUT2D eigenvalue weighted by Crippen LogP contribution is 2.24. The van der Waals surface area contributed by atoms with Crippen LogP contribution in [0.15, 0.2) is 24.3 Å². The van der Waals surface area contributed by atoms with E-state index in [0.29, 0.717) is 6.42 Å². The fourth-order valence-electron chi connectivity index (χ4n) is 2.27. The Morgan fingerprint density at radius 3 is 2.47 bits per heavy atom. The molecule has 0 amide bonds. The molecule has 0 spiro atoms. The molecule has 106 valence electrons. The molecule has 0 fully saturated rings. The first-order chi connectivity index (χ1) is 8.92. The van der Waals surface area contributed by atoms with Crippen molar-refractivity contribution in [1.29, 1.82) is 0 Å². The van der Waals surface area contributed by atoms with Crippen LogP contribution in [0.5, 0.6) is 5.75 Å². The molecule has 1 N–H and O–H groups in total. The maximum absolute atomic E-state index is 12.0. The SMILES string of the molecule is COC(=O)C(C)(Cc1ccccc1OC)NC(C)C. The predicted octanol–water partition coefficient (Wildman–Crippen LogP) is 2.17. The summed E-state index contributed by atoms with van der Waals surface area (Å²) in [4.78, 5) is 12.0. The lowest BCUT2D eigenvalue weighted by Crippen LogP contribution is -2.54. The van der Waals surface area contributed by atoms with E-state index in [1.165, 1.54) is 7.11 Å². The van der Waals surface area contributed by atoms with Crippen molar-refractivity contribution in [2.45, 2.75) is 38.8 Å². The van der Waals surface area contributed by atoms with E-state index in [4.69, 9.17) is 9.47 Å². The molecule has 1 rings (SSSR count). The number of rotatable bonds is 6. The van der Waals surface area contributed by atoms with Crippen LogP contribution in [0.4, 0.5) is 0 Å². The Morgan fingerprint density at radius 2 is 1.95 bits per heavy atom. The Labute approximate surface area is 115 Å². The van der Waals surface area contributed by atoms with E-state index in [9.17, 15) is 4.79 Å². The third-order valence-electron chi connectivity index (χ3n) is 2.98. The third-order valence-corrected chi connectivity index (χ3v) is 2.98. The molecule has 0 bridgehead atoms. The number of esters is 1. The highest BCUT2D eigenvalue weighted by atomic mass is 16.5. The molecule has 0 saturated heterocycles. The second kappa shape index (κ2) is 6.57. The summed E-state index contributed by atoms with van der Waals surface area (Å²) < 4.78 is 10.2. The summed E-state index contributed by atoms with van der Waals surface area (Å²) >= 11 is 0. The molecule has 0 aromatic heterocycles. The molecule has 19 heavy (non-hydrogen) atoms. The van der Waals surface area contributed by atoms with Crippen LogP contribution in [0.3, 0.4) is 0 Å². The minimum Gasteiger partial charge on any atom is -0.496 e. The van der Waals surface area contributed by atoms with Crippen molar-refractivity contribution in [3.63, 3.8) is 0 Å². The zero-order valence-corrected chi connectivity index (χ0v) is 12.3. The van der Waals surface area contributed by atoms with Crippen molar-refractivity contribution < 1.29 is 14.3 Å². The third kappa shape index (κ3) is 3.96.